The van der Waals surface area contributed by atoms with Gasteiger partial charge in [0.05, 0.1) is 11.2 Å². The first-order valence-electron chi connectivity index (χ1n) is 7.02. The summed E-state index contributed by atoms with van der Waals surface area (Å²) in [6.45, 7) is 8.30. The molecule has 0 aromatic rings. The van der Waals surface area contributed by atoms with Gasteiger partial charge in [0.15, 0.2) is 0 Å². The summed E-state index contributed by atoms with van der Waals surface area (Å²) in [7, 11) is 0. The van der Waals surface area contributed by atoms with Crippen LogP contribution in [0.25, 0.3) is 0 Å². The highest BCUT2D eigenvalue weighted by Crippen LogP contribution is 2.71. The van der Waals surface area contributed by atoms with Gasteiger partial charge in [-0.15, -0.1) is 0 Å². The second kappa shape index (κ2) is 3.01. The molecule has 3 fully saturated rings. The maximum atomic E-state index is 12.0. The Morgan fingerprint density at radius 3 is 2.39 bits per heavy atom. The van der Waals surface area contributed by atoms with E-state index in [1.165, 1.54) is 0 Å². The monoisotopic (exact) mass is 252 g/mol. The molecular weight excluding hydrogens is 228 g/mol. The summed E-state index contributed by atoms with van der Waals surface area (Å²) in [6.07, 6.45) is 2.24. The molecule has 3 nitrogen and oxygen atoms in total. The highest BCUT2D eigenvalue weighted by atomic mass is 16.3. The van der Waals surface area contributed by atoms with Gasteiger partial charge in [-0.25, -0.2) is 0 Å². The average Bonchev–Trinajstić information content (AvgIpc) is 2.57. The van der Waals surface area contributed by atoms with Gasteiger partial charge in [0.2, 0.25) is 0 Å². The Labute approximate surface area is 109 Å². The first-order valence-corrected chi connectivity index (χ1v) is 7.02. The van der Waals surface area contributed by atoms with E-state index in [1.807, 2.05) is 13.8 Å². The van der Waals surface area contributed by atoms with Gasteiger partial charge in [0.25, 0.3) is 0 Å². The van der Waals surface area contributed by atoms with Crippen molar-refractivity contribution < 1.29 is 15.0 Å². The SMILES string of the molecule is C[C@@H]1C(=O)C[C@@]2(O)C[C@]3(O)CC(C)(C)C[C@@H]3[C@@]12C. The van der Waals surface area contributed by atoms with Gasteiger partial charge in [-0.05, 0) is 24.2 Å². The number of aliphatic hydroxyl groups is 2. The molecule has 2 N–H and O–H groups in total. The zero-order valence-corrected chi connectivity index (χ0v) is 11.8. The zero-order valence-electron chi connectivity index (χ0n) is 11.8. The highest BCUT2D eigenvalue weighted by Gasteiger charge is 2.75. The molecule has 0 aromatic carbocycles. The minimum Gasteiger partial charge on any atom is -0.389 e. The van der Waals surface area contributed by atoms with Crippen molar-refractivity contribution in [1.82, 2.24) is 0 Å². The Morgan fingerprint density at radius 2 is 1.78 bits per heavy atom. The fourth-order valence-electron chi connectivity index (χ4n) is 5.48. The molecule has 0 radical (unpaired) electrons. The predicted octanol–water partition coefficient (Wildman–Crippen LogP) is 1.90. The van der Waals surface area contributed by atoms with Crippen LogP contribution >= 0.6 is 0 Å². The maximum Gasteiger partial charge on any atom is 0.139 e. The summed E-state index contributed by atoms with van der Waals surface area (Å²) in [4.78, 5) is 12.0. The van der Waals surface area contributed by atoms with Crippen LogP contribution in [0.15, 0.2) is 0 Å². The van der Waals surface area contributed by atoms with Crippen LogP contribution in [0.5, 0.6) is 0 Å². The third-order valence-corrected chi connectivity index (χ3v) is 6.36. The quantitative estimate of drug-likeness (QED) is 0.692. The van der Waals surface area contributed by atoms with Gasteiger partial charge >= 0.3 is 0 Å². The van der Waals surface area contributed by atoms with E-state index in [-0.39, 0.29) is 29.5 Å². The number of carbonyl (C=O) groups is 1. The summed E-state index contributed by atoms with van der Waals surface area (Å²) >= 11 is 0. The molecular formula is C15H24O3. The van der Waals surface area contributed by atoms with Crippen molar-refractivity contribution >= 4 is 5.78 Å². The van der Waals surface area contributed by atoms with Crippen molar-refractivity contribution in [3.05, 3.63) is 0 Å². The van der Waals surface area contributed by atoms with E-state index in [2.05, 4.69) is 13.8 Å². The summed E-state index contributed by atoms with van der Waals surface area (Å²) in [5.41, 5.74) is -2.11. The fourth-order valence-corrected chi connectivity index (χ4v) is 5.48. The van der Waals surface area contributed by atoms with Crippen molar-refractivity contribution in [3.8, 4) is 0 Å². The van der Waals surface area contributed by atoms with Crippen LogP contribution in [0.4, 0.5) is 0 Å². The molecule has 0 saturated heterocycles. The predicted molar refractivity (Wildman–Crippen MR) is 67.9 cm³/mol. The maximum absolute atomic E-state index is 12.0. The van der Waals surface area contributed by atoms with Gasteiger partial charge in [0.1, 0.15) is 5.78 Å². The number of fused-ring (bicyclic) bond motifs is 3. The summed E-state index contributed by atoms with van der Waals surface area (Å²) in [6, 6.07) is 0. The third kappa shape index (κ3) is 1.20. The van der Waals surface area contributed by atoms with Crippen molar-refractivity contribution in [2.24, 2.45) is 22.7 Å². The van der Waals surface area contributed by atoms with Crippen LogP contribution in [0.2, 0.25) is 0 Å². The molecule has 0 heterocycles. The lowest BCUT2D eigenvalue weighted by molar-refractivity contribution is -0.123. The van der Waals surface area contributed by atoms with Crippen LogP contribution in [0.1, 0.15) is 53.4 Å². The topological polar surface area (TPSA) is 57.5 Å². The number of ketones is 1. The van der Waals surface area contributed by atoms with E-state index in [1.54, 1.807) is 0 Å². The Kier molecular flexibility index (Phi) is 2.11. The molecule has 3 rings (SSSR count). The minimum absolute atomic E-state index is 0.0476. The molecule has 3 saturated carbocycles. The van der Waals surface area contributed by atoms with Crippen LogP contribution in [-0.4, -0.2) is 27.2 Å². The van der Waals surface area contributed by atoms with Crippen molar-refractivity contribution in [1.29, 1.82) is 0 Å². The number of hydrogen-bond acceptors (Lipinski definition) is 3. The molecule has 0 bridgehead atoms. The van der Waals surface area contributed by atoms with Gasteiger partial charge in [-0.1, -0.05) is 27.7 Å². The largest absolute Gasteiger partial charge is 0.389 e. The lowest BCUT2D eigenvalue weighted by atomic mass is 9.66. The van der Waals surface area contributed by atoms with Gasteiger partial charge in [-0.2, -0.15) is 0 Å². The number of carbonyl (C=O) groups excluding carboxylic acids is 1. The Bertz CT molecular complexity index is 429. The lowest BCUT2D eigenvalue weighted by Crippen LogP contribution is -2.44. The van der Waals surface area contributed by atoms with E-state index < -0.39 is 16.6 Å². The Hall–Kier alpha value is -0.410. The second-order valence-electron chi connectivity index (χ2n) is 8.06. The molecule has 0 aromatic heterocycles. The number of Topliss-reactive ketones (excluding diaryl/α,β-unsaturated/α-hetero) is 1. The lowest BCUT2D eigenvalue weighted by Gasteiger charge is -2.40. The average molecular weight is 252 g/mol. The molecule has 3 aliphatic rings. The number of hydrogen-bond donors (Lipinski definition) is 2. The molecule has 0 amide bonds. The molecule has 102 valence electrons. The van der Waals surface area contributed by atoms with E-state index in [0.717, 1.165) is 12.8 Å². The summed E-state index contributed by atoms with van der Waals surface area (Å²) in [5.74, 6) is 0.0635. The second-order valence-corrected chi connectivity index (χ2v) is 8.06. The molecule has 0 unspecified atom stereocenters. The molecule has 0 aliphatic heterocycles. The Balaban J connectivity index is 2.09. The summed E-state index contributed by atoms with van der Waals surface area (Å²) < 4.78 is 0. The molecule has 3 heteroatoms. The van der Waals surface area contributed by atoms with Crippen molar-refractivity contribution in [2.45, 2.75) is 64.6 Å². The molecule has 3 aliphatic carbocycles. The first-order chi connectivity index (χ1) is 8.04. The molecule has 18 heavy (non-hydrogen) atoms. The van der Waals surface area contributed by atoms with Crippen molar-refractivity contribution in [2.75, 3.05) is 0 Å². The normalized spacial score (nSPS) is 57.8. The van der Waals surface area contributed by atoms with E-state index in [0.29, 0.717) is 6.42 Å². The molecule has 5 atom stereocenters. The minimum atomic E-state index is -0.987. The standard InChI is InChI=1S/C15H24O3/c1-9-10(16)5-15(18)8-14(17)7-12(2,3)6-11(14)13(9,15)4/h9,11,17-18H,5-8H2,1-4H3/t9-,11-,13-,14-,15-/m1/s1. The van der Waals surface area contributed by atoms with E-state index in [4.69, 9.17) is 0 Å². The molecule has 0 spiro atoms. The summed E-state index contributed by atoms with van der Waals surface area (Å²) in [5, 5.41) is 21.8. The van der Waals surface area contributed by atoms with Crippen LogP contribution in [0, 0.1) is 22.7 Å². The fraction of sp³-hybridized carbons (Fsp3) is 0.933. The first kappa shape index (κ1) is 12.6. The Morgan fingerprint density at radius 1 is 1.17 bits per heavy atom. The van der Waals surface area contributed by atoms with E-state index in [9.17, 15) is 15.0 Å². The van der Waals surface area contributed by atoms with Gasteiger partial charge in [0, 0.05) is 24.2 Å². The van der Waals surface area contributed by atoms with Crippen LogP contribution < -0.4 is 0 Å². The van der Waals surface area contributed by atoms with E-state index >= 15 is 0 Å². The zero-order chi connectivity index (χ0) is 13.6. The smallest absolute Gasteiger partial charge is 0.139 e. The van der Waals surface area contributed by atoms with Gasteiger partial charge in [-0.3, -0.25) is 4.79 Å². The third-order valence-electron chi connectivity index (χ3n) is 6.36. The van der Waals surface area contributed by atoms with Crippen molar-refractivity contribution in [3.63, 3.8) is 0 Å². The number of rotatable bonds is 0. The highest BCUT2D eigenvalue weighted by molar-refractivity contribution is 5.86. The van der Waals surface area contributed by atoms with Crippen LogP contribution in [-0.2, 0) is 4.79 Å². The van der Waals surface area contributed by atoms with Gasteiger partial charge < -0.3 is 10.2 Å². The van der Waals surface area contributed by atoms with Crippen LogP contribution in [0.3, 0.4) is 0 Å².